The van der Waals surface area contributed by atoms with Crippen LogP contribution in [0, 0.1) is 0 Å². The molecule has 2 N–H and O–H groups in total. The van der Waals surface area contributed by atoms with E-state index in [0.717, 1.165) is 5.56 Å². The van der Waals surface area contributed by atoms with Crippen LogP contribution in [0.25, 0.3) is 17.2 Å². The molecule has 3 aromatic heterocycles. The number of aromatic nitrogens is 7. The Labute approximate surface area is 134 Å². The van der Waals surface area contributed by atoms with Gasteiger partial charge in [-0.3, -0.25) is 15.0 Å². The zero-order chi connectivity index (χ0) is 15.6. The van der Waals surface area contributed by atoms with Crippen molar-refractivity contribution in [3.63, 3.8) is 0 Å². The lowest BCUT2D eigenvalue weighted by molar-refractivity contribution is 0.886. The summed E-state index contributed by atoms with van der Waals surface area (Å²) in [7, 11) is 0. The van der Waals surface area contributed by atoms with E-state index in [-0.39, 0.29) is 5.56 Å². The number of H-pyrrole nitrogens is 2. The Morgan fingerprint density at radius 1 is 1.17 bits per heavy atom. The molecule has 0 bridgehead atoms. The molecule has 0 aliphatic rings. The Bertz CT molecular complexity index is 1000. The summed E-state index contributed by atoms with van der Waals surface area (Å²) < 4.78 is 1.29. The van der Waals surface area contributed by atoms with E-state index in [1.54, 1.807) is 0 Å². The molecule has 23 heavy (non-hydrogen) atoms. The Morgan fingerprint density at radius 2 is 2.04 bits per heavy atom. The van der Waals surface area contributed by atoms with Crippen molar-refractivity contribution in [3.8, 4) is 11.4 Å². The maximum absolute atomic E-state index is 11.9. The van der Waals surface area contributed by atoms with Gasteiger partial charge in [-0.25, -0.2) is 15.0 Å². The fraction of sp³-hybridized carbons (Fsp3) is 0.0714. The number of aromatic amines is 2. The van der Waals surface area contributed by atoms with Crippen LogP contribution in [-0.2, 0) is 5.75 Å². The standard InChI is InChI=1S/C14H11N7OS/c22-11-6-10(17-13-15-8-16-21(11)13)7-23-14-18-12(19-20-14)9-4-2-1-3-5-9/h1-6,8H,7H2,(H,15,16,17)(H,18,19,20). The van der Waals surface area contributed by atoms with Gasteiger partial charge in [0.15, 0.2) is 5.82 Å². The van der Waals surface area contributed by atoms with Crippen molar-refractivity contribution < 1.29 is 0 Å². The molecule has 0 aliphatic heterocycles. The van der Waals surface area contributed by atoms with Crippen LogP contribution in [0.2, 0.25) is 0 Å². The maximum atomic E-state index is 11.9. The molecule has 0 amide bonds. The van der Waals surface area contributed by atoms with E-state index in [4.69, 9.17) is 0 Å². The largest absolute Gasteiger partial charge is 0.278 e. The smallest absolute Gasteiger partial charge is 0.274 e. The van der Waals surface area contributed by atoms with Crippen LogP contribution in [0.5, 0.6) is 0 Å². The fourth-order valence-electron chi connectivity index (χ4n) is 2.12. The predicted octanol–water partition coefficient (Wildman–Crippen LogP) is 1.49. The molecule has 0 fully saturated rings. The summed E-state index contributed by atoms with van der Waals surface area (Å²) in [5.41, 5.74) is 1.42. The Balaban J connectivity index is 1.52. The van der Waals surface area contributed by atoms with E-state index in [2.05, 4.69) is 30.2 Å². The highest BCUT2D eigenvalue weighted by atomic mass is 32.2. The second-order valence-electron chi connectivity index (χ2n) is 4.73. The number of hydrogen-bond donors (Lipinski definition) is 2. The summed E-state index contributed by atoms with van der Waals surface area (Å²) in [5.74, 6) is 1.56. The van der Waals surface area contributed by atoms with Crippen molar-refractivity contribution in [1.82, 2.24) is 34.8 Å². The van der Waals surface area contributed by atoms with Gasteiger partial charge in [-0.15, -0.1) is 5.10 Å². The molecule has 0 saturated heterocycles. The minimum absolute atomic E-state index is 0.192. The van der Waals surface area contributed by atoms with Crippen LogP contribution in [-0.4, -0.2) is 34.8 Å². The molecule has 1 aromatic carbocycles. The first kappa shape index (κ1) is 13.7. The molecule has 0 saturated carbocycles. The van der Waals surface area contributed by atoms with E-state index < -0.39 is 0 Å². The maximum Gasteiger partial charge on any atom is 0.274 e. The first-order valence-corrected chi connectivity index (χ1v) is 7.81. The lowest BCUT2D eigenvalue weighted by atomic mass is 10.2. The number of fused-ring (bicyclic) bond motifs is 1. The van der Waals surface area contributed by atoms with Gasteiger partial charge in [-0.1, -0.05) is 42.1 Å². The minimum Gasteiger partial charge on any atom is -0.278 e. The van der Waals surface area contributed by atoms with Crippen LogP contribution in [0.1, 0.15) is 5.69 Å². The Hall–Kier alpha value is -2.94. The second-order valence-corrected chi connectivity index (χ2v) is 5.67. The molecule has 3 heterocycles. The second kappa shape index (κ2) is 5.69. The van der Waals surface area contributed by atoms with Gasteiger partial charge in [0, 0.05) is 17.4 Å². The van der Waals surface area contributed by atoms with E-state index in [9.17, 15) is 4.79 Å². The third-order valence-corrected chi connectivity index (χ3v) is 4.06. The molecule has 0 spiro atoms. The highest BCUT2D eigenvalue weighted by molar-refractivity contribution is 7.98. The van der Waals surface area contributed by atoms with E-state index in [0.29, 0.717) is 28.2 Å². The number of nitrogens with zero attached hydrogens (tertiary/aromatic N) is 5. The quantitative estimate of drug-likeness (QED) is 0.551. The molecule has 0 unspecified atom stereocenters. The third kappa shape index (κ3) is 2.73. The fourth-order valence-corrected chi connectivity index (χ4v) is 2.81. The van der Waals surface area contributed by atoms with Gasteiger partial charge in [-0.05, 0) is 0 Å². The minimum atomic E-state index is -0.192. The van der Waals surface area contributed by atoms with Crippen LogP contribution in [0.15, 0.2) is 52.7 Å². The molecule has 8 nitrogen and oxygen atoms in total. The first-order valence-electron chi connectivity index (χ1n) is 6.82. The lowest BCUT2D eigenvalue weighted by Gasteiger charge is -1.97. The zero-order valence-electron chi connectivity index (χ0n) is 11.8. The monoisotopic (exact) mass is 325 g/mol. The molecular formula is C14H11N7OS. The highest BCUT2D eigenvalue weighted by Gasteiger charge is 2.08. The van der Waals surface area contributed by atoms with Gasteiger partial charge < -0.3 is 0 Å². The normalized spacial score (nSPS) is 11.1. The first-order chi connectivity index (χ1) is 11.3. The van der Waals surface area contributed by atoms with Gasteiger partial charge in [0.1, 0.15) is 6.33 Å². The summed E-state index contributed by atoms with van der Waals surface area (Å²) >= 11 is 1.41. The van der Waals surface area contributed by atoms with Crippen molar-refractivity contribution in [2.45, 2.75) is 10.9 Å². The van der Waals surface area contributed by atoms with E-state index in [1.807, 2.05) is 30.3 Å². The van der Waals surface area contributed by atoms with Crippen molar-refractivity contribution in [1.29, 1.82) is 0 Å². The SMILES string of the molecule is O=c1cc(CSc2n[nH]c(-c3ccccc3)n2)nc2nc[nH]n12. The third-order valence-electron chi connectivity index (χ3n) is 3.18. The number of thioether (sulfide) groups is 1. The highest BCUT2D eigenvalue weighted by Crippen LogP contribution is 2.21. The Morgan fingerprint density at radius 3 is 2.91 bits per heavy atom. The average molecular weight is 325 g/mol. The summed E-state index contributed by atoms with van der Waals surface area (Å²) in [4.78, 5) is 24.6. The molecule has 114 valence electrons. The molecule has 0 radical (unpaired) electrons. The van der Waals surface area contributed by atoms with Crippen molar-refractivity contribution in [3.05, 3.63) is 58.8 Å². The van der Waals surface area contributed by atoms with Crippen molar-refractivity contribution in [2.24, 2.45) is 0 Å². The molecule has 4 aromatic rings. The molecular weight excluding hydrogens is 314 g/mol. The summed E-state index contributed by atoms with van der Waals surface area (Å²) in [5, 5.41) is 10.4. The van der Waals surface area contributed by atoms with Crippen LogP contribution < -0.4 is 5.56 Å². The summed E-state index contributed by atoms with van der Waals surface area (Å²) in [6.45, 7) is 0. The lowest BCUT2D eigenvalue weighted by Crippen LogP contribution is -2.15. The predicted molar refractivity (Wildman–Crippen MR) is 85.0 cm³/mol. The Kier molecular flexibility index (Phi) is 3.39. The molecule has 9 heteroatoms. The topological polar surface area (TPSA) is 105 Å². The number of benzene rings is 1. The molecule has 0 atom stereocenters. The van der Waals surface area contributed by atoms with Gasteiger partial charge in [0.25, 0.3) is 11.3 Å². The average Bonchev–Trinajstić information content (AvgIpc) is 3.23. The van der Waals surface area contributed by atoms with Gasteiger partial charge >= 0.3 is 0 Å². The van der Waals surface area contributed by atoms with Crippen LogP contribution in [0.4, 0.5) is 0 Å². The van der Waals surface area contributed by atoms with Gasteiger partial charge in [0.2, 0.25) is 5.16 Å². The number of rotatable bonds is 4. The number of hydrogen-bond acceptors (Lipinski definition) is 6. The number of nitrogens with one attached hydrogen (secondary N) is 2. The summed E-state index contributed by atoms with van der Waals surface area (Å²) in [6, 6.07) is 11.2. The van der Waals surface area contributed by atoms with Gasteiger partial charge in [-0.2, -0.15) is 4.52 Å². The van der Waals surface area contributed by atoms with Crippen molar-refractivity contribution >= 4 is 17.5 Å². The zero-order valence-corrected chi connectivity index (χ0v) is 12.6. The summed E-state index contributed by atoms with van der Waals surface area (Å²) in [6.07, 6.45) is 1.43. The molecule has 0 aliphatic carbocycles. The van der Waals surface area contributed by atoms with Crippen LogP contribution in [0.3, 0.4) is 0 Å². The van der Waals surface area contributed by atoms with E-state index in [1.165, 1.54) is 28.7 Å². The van der Waals surface area contributed by atoms with Gasteiger partial charge in [0.05, 0.1) is 5.69 Å². The molecule has 4 rings (SSSR count). The van der Waals surface area contributed by atoms with E-state index >= 15 is 0 Å². The van der Waals surface area contributed by atoms with Crippen molar-refractivity contribution in [2.75, 3.05) is 0 Å². The van der Waals surface area contributed by atoms with Crippen LogP contribution >= 0.6 is 11.8 Å².